The van der Waals surface area contributed by atoms with Gasteiger partial charge in [-0.15, -0.1) is 0 Å². The van der Waals surface area contributed by atoms with Crippen LogP contribution in [0, 0.1) is 5.92 Å². The lowest BCUT2D eigenvalue weighted by Crippen LogP contribution is -2.24. The van der Waals surface area contributed by atoms with E-state index in [0.29, 0.717) is 12.2 Å². The first-order valence-corrected chi connectivity index (χ1v) is 7.56. The molecule has 0 bridgehead atoms. The van der Waals surface area contributed by atoms with E-state index in [0.717, 1.165) is 13.0 Å². The molecule has 104 valence electrons. The highest BCUT2D eigenvalue weighted by Crippen LogP contribution is 2.16. The number of sulfonamides is 1. The van der Waals surface area contributed by atoms with E-state index >= 15 is 0 Å². The van der Waals surface area contributed by atoms with Crippen molar-refractivity contribution in [2.75, 3.05) is 25.5 Å². The molecule has 1 heterocycles. The molecule has 1 saturated heterocycles. The van der Waals surface area contributed by atoms with Crippen LogP contribution in [0.2, 0.25) is 0 Å². The first kappa shape index (κ1) is 14.0. The third-order valence-electron chi connectivity index (χ3n) is 3.13. The molecule has 1 atom stereocenters. The Hall–Kier alpha value is -1.44. The van der Waals surface area contributed by atoms with Crippen LogP contribution in [0.3, 0.4) is 0 Å². The van der Waals surface area contributed by atoms with E-state index in [2.05, 4.69) is 15.4 Å². The van der Waals surface area contributed by atoms with Crippen LogP contribution in [-0.4, -0.2) is 34.5 Å². The molecule has 1 unspecified atom stereocenters. The predicted octanol–water partition coefficient (Wildman–Crippen LogP) is 0.143. The van der Waals surface area contributed by atoms with E-state index in [4.69, 9.17) is 0 Å². The largest absolute Gasteiger partial charge is 0.326 e. The quantitative estimate of drug-likeness (QED) is 0.733. The Kier molecular flexibility index (Phi) is 4.18. The summed E-state index contributed by atoms with van der Waals surface area (Å²) in [5.74, 6) is -0.0464. The predicted molar refractivity (Wildman–Crippen MR) is 72.3 cm³/mol. The van der Waals surface area contributed by atoms with Crippen LogP contribution in [0.5, 0.6) is 0 Å². The number of benzene rings is 1. The molecule has 1 amide bonds. The summed E-state index contributed by atoms with van der Waals surface area (Å²) in [4.78, 5) is 12.0. The maximum absolute atomic E-state index is 11.9. The molecule has 2 rings (SSSR count). The maximum atomic E-state index is 11.9. The van der Waals surface area contributed by atoms with Gasteiger partial charge in [0, 0.05) is 12.2 Å². The molecule has 0 saturated carbocycles. The molecule has 0 radical (unpaired) electrons. The van der Waals surface area contributed by atoms with Crippen LogP contribution in [0.4, 0.5) is 5.69 Å². The summed E-state index contributed by atoms with van der Waals surface area (Å²) < 4.78 is 25.3. The molecule has 1 aliphatic heterocycles. The topological polar surface area (TPSA) is 87.3 Å². The molecule has 0 spiro atoms. The average Bonchev–Trinajstić information content (AvgIpc) is 2.93. The number of anilines is 1. The van der Waals surface area contributed by atoms with E-state index < -0.39 is 10.0 Å². The number of hydrogen-bond acceptors (Lipinski definition) is 4. The zero-order chi connectivity index (χ0) is 13.9. The van der Waals surface area contributed by atoms with E-state index in [1.165, 1.54) is 19.2 Å². The first-order chi connectivity index (χ1) is 9.03. The Morgan fingerprint density at radius 1 is 1.32 bits per heavy atom. The summed E-state index contributed by atoms with van der Waals surface area (Å²) in [6.45, 7) is 1.55. The van der Waals surface area contributed by atoms with Gasteiger partial charge in [-0.1, -0.05) is 0 Å². The molecule has 1 aromatic carbocycles. The van der Waals surface area contributed by atoms with Crippen molar-refractivity contribution in [3.8, 4) is 0 Å². The van der Waals surface area contributed by atoms with Gasteiger partial charge in [0.25, 0.3) is 0 Å². The second-order valence-electron chi connectivity index (χ2n) is 4.41. The highest BCUT2D eigenvalue weighted by molar-refractivity contribution is 7.89. The number of nitrogens with one attached hydrogen (secondary N) is 3. The molecule has 1 fully saturated rings. The van der Waals surface area contributed by atoms with Gasteiger partial charge in [0.15, 0.2) is 0 Å². The summed E-state index contributed by atoms with van der Waals surface area (Å²) in [5.41, 5.74) is 0.604. The van der Waals surface area contributed by atoms with E-state index in [-0.39, 0.29) is 16.7 Å². The van der Waals surface area contributed by atoms with Gasteiger partial charge in [-0.25, -0.2) is 13.1 Å². The fourth-order valence-corrected chi connectivity index (χ4v) is 2.69. The minimum absolute atomic E-state index is 0.0132. The summed E-state index contributed by atoms with van der Waals surface area (Å²) in [7, 11) is -2.07. The van der Waals surface area contributed by atoms with E-state index in [1.54, 1.807) is 12.1 Å². The van der Waals surface area contributed by atoms with Crippen molar-refractivity contribution >= 4 is 21.6 Å². The molecule has 1 aliphatic rings. The number of hydrogen-bond donors (Lipinski definition) is 3. The van der Waals surface area contributed by atoms with Crippen LogP contribution < -0.4 is 15.4 Å². The summed E-state index contributed by atoms with van der Waals surface area (Å²) >= 11 is 0. The standard InChI is InChI=1S/C12H17N3O3S/c1-13-19(17,18)11-4-2-10(3-5-11)15-12(16)9-6-7-14-8-9/h2-5,9,13-14H,6-8H2,1H3,(H,15,16). The maximum Gasteiger partial charge on any atom is 0.240 e. The smallest absolute Gasteiger partial charge is 0.240 e. The van der Waals surface area contributed by atoms with Crippen LogP contribution in [0.25, 0.3) is 0 Å². The molecular formula is C12H17N3O3S. The van der Waals surface area contributed by atoms with Crippen molar-refractivity contribution in [1.29, 1.82) is 0 Å². The van der Waals surface area contributed by atoms with Gasteiger partial charge in [-0.3, -0.25) is 4.79 Å². The molecule has 3 N–H and O–H groups in total. The molecule has 7 heteroatoms. The van der Waals surface area contributed by atoms with E-state index in [1.807, 2.05) is 0 Å². The zero-order valence-corrected chi connectivity index (χ0v) is 11.5. The summed E-state index contributed by atoms with van der Waals surface area (Å²) in [5, 5.41) is 5.91. The normalized spacial score (nSPS) is 19.3. The van der Waals surface area contributed by atoms with Crippen LogP contribution in [0.1, 0.15) is 6.42 Å². The molecule has 6 nitrogen and oxygen atoms in total. The Labute approximate surface area is 112 Å². The lowest BCUT2D eigenvalue weighted by Gasteiger charge is -2.10. The minimum Gasteiger partial charge on any atom is -0.326 e. The van der Waals surface area contributed by atoms with Crippen molar-refractivity contribution in [3.63, 3.8) is 0 Å². The van der Waals surface area contributed by atoms with Crippen LogP contribution in [-0.2, 0) is 14.8 Å². The lowest BCUT2D eigenvalue weighted by atomic mass is 10.1. The molecule has 1 aromatic rings. The van der Waals surface area contributed by atoms with Gasteiger partial charge in [0.05, 0.1) is 10.8 Å². The van der Waals surface area contributed by atoms with Gasteiger partial charge in [0.1, 0.15) is 0 Å². The molecule has 19 heavy (non-hydrogen) atoms. The van der Waals surface area contributed by atoms with E-state index in [9.17, 15) is 13.2 Å². The van der Waals surface area contributed by atoms with Crippen molar-refractivity contribution in [1.82, 2.24) is 10.0 Å². The number of rotatable bonds is 4. The van der Waals surface area contributed by atoms with Crippen LogP contribution >= 0.6 is 0 Å². The Morgan fingerprint density at radius 3 is 2.53 bits per heavy atom. The number of carbonyl (C=O) groups excluding carboxylic acids is 1. The lowest BCUT2D eigenvalue weighted by molar-refractivity contribution is -0.119. The zero-order valence-electron chi connectivity index (χ0n) is 10.6. The van der Waals surface area contributed by atoms with Crippen LogP contribution in [0.15, 0.2) is 29.2 Å². The third kappa shape index (κ3) is 3.31. The Morgan fingerprint density at radius 2 is 2.00 bits per heavy atom. The average molecular weight is 283 g/mol. The summed E-state index contributed by atoms with van der Waals surface area (Å²) in [6, 6.07) is 6.11. The molecule has 0 aromatic heterocycles. The van der Waals surface area contributed by atoms with Gasteiger partial charge in [0.2, 0.25) is 15.9 Å². The monoisotopic (exact) mass is 283 g/mol. The number of amides is 1. The van der Waals surface area contributed by atoms with Crippen molar-refractivity contribution in [2.24, 2.45) is 5.92 Å². The fourth-order valence-electron chi connectivity index (χ4n) is 1.96. The highest BCUT2D eigenvalue weighted by atomic mass is 32.2. The molecular weight excluding hydrogens is 266 g/mol. The minimum atomic E-state index is -3.43. The Balaban J connectivity index is 2.04. The van der Waals surface area contributed by atoms with Crippen molar-refractivity contribution in [2.45, 2.75) is 11.3 Å². The van der Waals surface area contributed by atoms with Crippen molar-refractivity contribution < 1.29 is 13.2 Å². The van der Waals surface area contributed by atoms with Gasteiger partial charge < -0.3 is 10.6 Å². The second-order valence-corrected chi connectivity index (χ2v) is 6.30. The Bertz CT molecular complexity index is 548. The SMILES string of the molecule is CNS(=O)(=O)c1ccc(NC(=O)C2CCNC2)cc1. The highest BCUT2D eigenvalue weighted by Gasteiger charge is 2.22. The number of carbonyl (C=O) groups is 1. The van der Waals surface area contributed by atoms with Gasteiger partial charge in [-0.2, -0.15) is 0 Å². The van der Waals surface area contributed by atoms with Crippen molar-refractivity contribution in [3.05, 3.63) is 24.3 Å². The first-order valence-electron chi connectivity index (χ1n) is 6.08. The summed E-state index contributed by atoms with van der Waals surface area (Å²) in [6.07, 6.45) is 0.831. The second kappa shape index (κ2) is 5.68. The fraction of sp³-hybridized carbons (Fsp3) is 0.417. The third-order valence-corrected chi connectivity index (χ3v) is 4.56. The van der Waals surface area contributed by atoms with Gasteiger partial charge in [-0.05, 0) is 44.3 Å². The van der Waals surface area contributed by atoms with Gasteiger partial charge >= 0.3 is 0 Å². The molecule has 0 aliphatic carbocycles.